The number of carbonyl (C=O) groups excluding carboxylic acids is 2. The highest BCUT2D eigenvalue weighted by Gasteiger charge is 2.29. The van der Waals surface area contributed by atoms with E-state index < -0.39 is 12.2 Å². The van der Waals surface area contributed by atoms with E-state index in [0.717, 1.165) is 16.0 Å². The molecule has 3 aromatic rings. The van der Waals surface area contributed by atoms with E-state index >= 15 is 0 Å². The van der Waals surface area contributed by atoms with Crippen molar-refractivity contribution in [3.63, 3.8) is 0 Å². The summed E-state index contributed by atoms with van der Waals surface area (Å²) in [5.74, 6) is 0.191. The third-order valence-corrected chi connectivity index (χ3v) is 3.98. The third-order valence-electron chi connectivity index (χ3n) is 3.98. The van der Waals surface area contributed by atoms with Gasteiger partial charge in [-0.05, 0) is 31.5 Å². The number of imide groups is 1. The van der Waals surface area contributed by atoms with Crippen LogP contribution in [0.4, 0.5) is 15.4 Å². The van der Waals surface area contributed by atoms with Crippen molar-refractivity contribution in [2.45, 2.75) is 20.4 Å². The molecule has 0 unspecified atom stereocenters. The fourth-order valence-corrected chi connectivity index (χ4v) is 2.83. The molecule has 140 valence electrons. The number of fused-ring (bicyclic) bond motifs is 1. The van der Waals surface area contributed by atoms with Gasteiger partial charge in [0, 0.05) is 24.3 Å². The Morgan fingerprint density at radius 3 is 2.30 bits per heavy atom. The van der Waals surface area contributed by atoms with Crippen molar-refractivity contribution in [1.82, 2.24) is 9.55 Å². The number of hydrogen-bond donors (Lipinski definition) is 0. The van der Waals surface area contributed by atoms with Crippen LogP contribution in [0.1, 0.15) is 19.4 Å². The first-order chi connectivity index (χ1) is 13.2. The number of rotatable bonds is 5. The van der Waals surface area contributed by atoms with Gasteiger partial charge in [-0.1, -0.05) is 30.3 Å². The Morgan fingerprint density at radius 2 is 1.67 bits per heavy atom. The Labute approximate surface area is 157 Å². The van der Waals surface area contributed by atoms with Gasteiger partial charge in [0.1, 0.15) is 0 Å². The van der Waals surface area contributed by atoms with Gasteiger partial charge in [0.2, 0.25) is 0 Å². The Morgan fingerprint density at radius 1 is 1.00 bits per heavy atom. The number of carbonyl (C=O) groups is 2. The van der Waals surface area contributed by atoms with Gasteiger partial charge >= 0.3 is 12.2 Å². The maximum Gasteiger partial charge on any atom is 0.425 e. The van der Waals surface area contributed by atoms with Crippen molar-refractivity contribution in [3.05, 3.63) is 60.4 Å². The molecule has 0 radical (unpaired) electrons. The van der Waals surface area contributed by atoms with Gasteiger partial charge in [0.15, 0.2) is 5.82 Å². The van der Waals surface area contributed by atoms with E-state index in [9.17, 15) is 9.59 Å². The molecule has 3 rings (SSSR count). The number of aromatic nitrogens is 2. The molecule has 0 spiro atoms. The van der Waals surface area contributed by atoms with Crippen LogP contribution in [0.5, 0.6) is 0 Å². The summed E-state index contributed by atoms with van der Waals surface area (Å²) in [7, 11) is 0. The lowest BCUT2D eigenvalue weighted by Crippen LogP contribution is -2.38. The van der Waals surface area contributed by atoms with Gasteiger partial charge in [0.05, 0.1) is 18.7 Å². The van der Waals surface area contributed by atoms with Crippen LogP contribution in [-0.4, -0.2) is 35.0 Å². The molecule has 0 saturated heterocycles. The van der Waals surface area contributed by atoms with Crippen LogP contribution in [-0.2, 0) is 16.0 Å². The number of amides is 2. The molecule has 0 aliphatic carbocycles. The second kappa shape index (κ2) is 8.35. The first-order valence-electron chi connectivity index (χ1n) is 8.77. The summed E-state index contributed by atoms with van der Waals surface area (Å²) in [6.07, 6.45) is 1.83. The Kier molecular flexibility index (Phi) is 5.71. The molecule has 0 bridgehead atoms. The minimum Gasteiger partial charge on any atom is -0.449 e. The lowest BCUT2D eigenvalue weighted by atomic mass is 10.2. The molecule has 27 heavy (non-hydrogen) atoms. The molecule has 2 heterocycles. The van der Waals surface area contributed by atoms with E-state index in [0.29, 0.717) is 11.9 Å². The summed E-state index contributed by atoms with van der Waals surface area (Å²) in [6.45, 7) is 4.28. The number of ether oxygens (including phenoxy) is 2. The predicted octanol–water partition coefficient (Wildman–Crippen LogP) is 4.20. The largest absolute Gasteiger partial charge is 0.449 e. The minimum absolute atomic E-state index is 0.139. The van der Waals surface area contributed by atoms with E-state index in [1.165, 1.54) is 0 Å². The molecule has 0 saturated carbocycles. The fourth-order valence-electron chi connectivity index (χ4n) is 2.83. The second-order valence-corrected chi connectivity index (χ2v) is 5.73. The Balaban J connectivity index is 2.02. The van der Waals surface area contributed by atoms with Crippen LogP contribution < -0.4 is 4.90 Å². The van der Waals surface area contributed by atoms with Crippen molar-refractivity contribution >= 4 is 28.9 Å². The van der Waals surface area contributed by atoms with E-state index in [4.69, 9.17) is 9.47 Å². The SMILES string of the molecule is CCOC(=O)N(C(=O)OCC)c1nccc2c1ccn2Cc1ccccc1. The molecule has 0 N–H and O–H groups in total. The molecule has 0 aliphatic rings. The number of anilines is 1. The number of nitrogens with zero attached hydrogens (tertiary/aromatic N) is 3. The van der Waals surface area contributed by atoms with Gasteiger partial charge < -0.3 is 14.0 Å². The first-order valence-corrected chi connectivity index (χ1v) is 8.77. The van der Waals surface area contributed by atoms with Crippen molar-refractivity contribution in [2.24, 2.45) is 0 Å². The molecule has 1 aromatic carbocycles. The second-order valence-electron chi connectivity index (χ2n) is 5.73. The molecule has 2 amide bonds. The van der Waals surface area contributed by atoms with E-state index in [1.807, 2.05) is 53.2 Å². The zero-order chi connectivity index (χ0) is 19.2. The standard InChI is InChI=1S/C20H21N3O4/c1-3-26-19(24)23(20(25)27-4-2)18-16-11-13-22(17(16)10-12-21-18)14-15-8-6-5-7-9-15/h5-13H,3-4,14H2,1-2H3. The molecule has 0 atom stereocenters. The van der Waals surface area contributed by atoms with Crippen LogP contribution in [0.3, 0.4) is 0 Å². The van der Waals surface area contributed by atoms with E-state index in [-0.39, 0.29) is 19.0 Å². The van der Waals surface area contributed by atoms with E-state index in [1.54, 1.807) is 20.0 Å². The fraction of sp³-hybridized carbons (Fsp3) is 0.250. The third kappa shape index (κ3) is 3.92. The van der Waals surface area contributed by atoms with E-state index in [2.05, 4.69) is 4.98 Å². The zero-order valence-corrected chi connectivity index (χ0v) is 15.3. The molecule has 0 fully saturated rings. The molecule has 7 heteroatoms. The van der Waals surface area contributed by atoms with Crippen LogP contribution in [0.2, 0.25) is 0 Å². The summed E-state index contributed by atoms with van der Waals surface area (Å²) in [5, 5.41) is 0.662. The van der Waals surface area contributed by atoms with Gasteiger partial charge in [-0.3, -0.25) is 0 Å². The van der Waals surface area contributed by atoms with Gasteiger partial charge in [0.25, 0.3) is 0 Å². The summed E-state index contributed by atoms with van der Waals surface area (Å²) in [6, 6.07) is 13.7. The maximum absolute atomic E-state index is 12.4. The maximum atomic E-state index is 12.4. The molecular weight excluding hydrogens is 346 g/mol. The average Bonchev–Trinajstić information content (AvgIpc) is 3.07. The van der Waals surface area contributed by atoms with Crippen LogP contribution in [0, 0.1) is 0 Å². The minimum atomic E-state index is -0.813. The number of benzene rings is 1. The summed E-state index contributed by atoms with van der Waals surface area (Å²) in [4.78, 5) is 29.8. The van der Waals surface area contributed by atoms with Crippen LogP contribution in [0.25, 0.3) is 10.9 Å². The number of pyridine rings is 1. The van der Waals surface area contributed by atoms with Crippen molar-refractivity contribution in [1.29, 1.82) is 0 Å². The predicted molar refractivity (Wildman–Crippen MR) is 102 cm³/mol. The zero-order valence-electron chi connectivity index (χ0n) is 15.3. The monoisotopic (exact) mass is 367 g/mol. The Bertz CT molecular complexity index is 919. The lowest BCUT2D eigenvalue weighted by Gasteiger charge is -2.19. The topological polar surface area (TPSA) is 73.7 Å². The summed E-state index contributed by atoms with van der Waals surface area (Å²) >= 11 is 0. The average molecular weight is 367 g/mol. The van der Waals surface area contributed by atoms with Crippen molar-refractivity contribution < 1.29 is 19.1 Å². The lowest BCUT2D eigenvalue weighted by molar-refractivity contribution is 0.140. The van der Waals surface area contributed by atoms with Crippen molar-refractivity contribution in [2.75, 3.05) is 18.1 Å². The van der Waals surface area contributed by atoms with Crippen molar-refractivity contribution in [3.8, 4) is 0 Å². The van der Waals surface area contributed by atoms with Gasteiger partial charge in [-0.2, -0.15) is 4.90 Å². The summed E-state index contributed by atoms with van der Waals surface area (Å²) < 4.78 is 12.1. The summed E-state index contributed by atoms with van der Waals surface area (Å²) in [5.41, 5.74) is 1.99. The molecule has 7 nitrogen and oxygen atoms in total. The first kappa shape index (κ1) is 18.4. The van der Waals surface area contributed by atoms with Crippen LogP contribution in [0.15, 0.2) is 54.9 Å². The highest BCUT2D eigenvalue weighted by molar-refractivity contribution is 6.13. The molecule has 2 aromatic heterocycles. The number of hydrogen-bond acceptors (Lipinski definition) is 5. The van der Waals surface area contributed by atoms with Gasteiger partial charge in [-0.25, -0.2) is 14.6 Å². The molecule has 0 aliphatic heterocycles. The quantitative estimate of drug-likeness (QED) is 0.675. The Hall–Kier alpha value is -3.35. The van der Waals surface area contributed by atoms with Crippen LogP contribution >= 0.6 is 0 Å². The smallest absolute Gasteiger partial charge is 0.425 e. The molecular formula is C20H21N3O4. The highest BCUT2D eigenvalue weighted by atomic mass is 16.6. The normalized spacial score (nSPS) is 10.6. The highest BCUT2D eigenvalue weighted by Crippen LogP contribution is 2.27. The van der Waals surface area contributed by atoms with Gasteiger partial charge in [-0.15, -0.1) is 0 Å².